The predicted octanol–water partition coefficient (Wildman–Crippen LogP) is 2.37. The second-order valence-corrected chi connectivity index (χ2v) is 4.60. The van der Waals surface area contributed by atoms with Crippen molar-refractivity contribution in [1.29, 1.82) is 0 Å². The zero-order chi connectivity index (χ0) is 15.1. The minimum Gasteiger partial charge on any atom is -0.492 e. The number of ether oxygens (including phenoxy) is 2. The molecule has 0 bridgehead atoms. The van der Waals surface area contributed by atoms with E-state index in [4.69, 9.17) is 15.3 Å². The van der Waals surface area contributed by atoms with Crippen LogP contribution < -0.4 is 16.0 Å². The van der Waals surface area contributed by atoms with Gasteiger partial charge in [0.15, 0.2) is 0 Å². The van der Waals surface area contributed by atoms with Crippen LogP contribution >= 0.6 is 0 Å². The van der Waals surface area contributed by atoms with Crippen molar-refractivity contribution in [3.05, 3.63) is 59.9 Å². The summed E-state index contributed by atoms with van der Waals surface area (Å²) in [6, 6.07) is 11.7. The Hall–Kier alpha value is -1.95. The molecule has 1 aromatic heterocycles. The quantitative estimate of drug-likeness (QED) is 0.604. The number of rotatable bonds is 7. The average Bonchev–Trinajstić information content (AvgIpc) is 2.54. The number of benzene rings is 1. The average molecular weight is 287 g/mol. The third-order valence-corrected chi connectivity index (χ3v) is 3.27. The molecule has 2 rings (SSSR count). The second-order valence-electron chi connectivity index (χ2n) is 4.60. The Bertz CT molecular complexity index is 548. The molecule has 1 aromatic carbocycles. The number of pyridine rings is 1. The summed E-state index contributed by atoms with van der Waals surface area (Å²) >= 11 is 0. The van der Waals surface area contributed by atoms with Gasteiger partial charge in [0.05, 0.1) is 18.8 Å². The zero-order valence-electron chi connectivity index (χ0n) is 12.3. The minimum atomic E-state index is -0.217. The van der Waals surface area contributed by atoms with Gasteiger partial charge in [0, 0.05) is 13.3 Å². The van der Waals surface area contributed by atoms with Crippen LogP contribution in [0.25, 0.3) is 0 Å². The Morgan fingerprint density at radius 1 is 1.19 bits per heavy atom. The lowest BCUT2D eigenvalue weighted by Crippen LogP contribution is -2.33. The summed E-state index contributed by atoms with van der Waals surface area (Å²) in [5, 5.41) is 0. The zero-order valence-corrected chi connectivity index (χ0v) is 12.3. The second kappa shape index (κ2) is 7.73. The number of hydrogen-bond acceptors (Lipinski definition) is 5. The van der Waals surface area contributed by atoms with Crippen LogP contribution in [-0.4, -0.2) is 18.7 Å². The van der Waals surface area contributed by atoms with Crippen molar-refractivity contribution in [2.75, 3.05) is 13.7 Å². The van der Waals surface area contributed by atoms with Gasteiger partial charge < -0.3 is 9.47 Å². The summed E-state index contributed by atoms with van der Waals surface area (Å²) < 4.78 is 11.1. The van der Waals surface area contributed by atoms with Crippen molar-refractivity contribution < 1.29 is 9.47 Å². The third kappa shape index (κ3) is 3.78. The van der Waals surface area contributed by atoms with E-state index in [0.29, 0.717) is 6.61 Å². The molecule has 5 heteroatoms. The van der Waals surface area contributed by atoms with Crippen LogP contribution in [0, 0.1) is 0 Å². The topological polar surface area (TPSA) is 69.4 Å². The molecule has 0 saturated heterocycles. The highest BCUT2D eigenvalue weighted by atomic mass is 16.5. The summed E-state index contributed by atoms with van der Waals surface area (Å²) in [5.74, 6) is 6.46. The summed E-state index contributed by atoms with van der Waals surface area (Å²) in [5.41, 5.74) is 4.78. The molecule has 2 unspecified atom stereocenters. The van der Waals surface area contributed by atoms with Crippen molar-refractivity contribution in [1.82, 2.24) is 10.4 Å². The first-order valence-electron chi connectivity index (χ1n) is 6.91. The number of methoxy groups -OCH3 is 1. The maximum absolute atomic E-state index is 5.74. The van der Waals surface area contributed by atoms with E-state index >= 15 is 0 Å². The van der Waals surface area contributed by atoms with E-state index in [9.17, 15) is 0 Å². The fraction of sp³-hybridized carbons (Fsp3) is 0.312. The standard InChI is InChI=1S/C16H21N3O2/c1-3-21-14-9-13(10-18-11-14)15(19-17)16(20-2)12-7-5-4-6-8-12/h4-11,15-16,19H,3,17H2,1-2H3. The van der Waals surface area contributed by atoms with Gasteiger partial charge >= 0.3 is 0 Å². The van der Waals surface area contributed by atoms with Gasteiger partial charge in [-0.15, -0.1) is 0 Å². The van der Waals surface area contributed by atoms with Gasteiger partial charge in [-0.25, -0.2) is 5.43 Å². The van der Waals surface area contributed by atoms with Gasteiger partial charge in [-0.05, 0) is 24.1 Å². The molecule has 0 aliphatic rings. The Balaban J connectivity index is 2.31. The Morgan fingerprint density at radius 3 is 2.57 bits per heavy atom. The third-order valence-electron chi connectivity index (χ3n) is 3.27. The molecule has 0 fully saturated rings. The van der Waals surface area contributed by atoms with Gasteiger partial charge in [0.25, 0.3) is 0 Å². The Kier molecular flexibility index (Phi) is 5.68. The monoisotopic (exact) mass is 287 g/mol. The van der Waals surface area contributed by atoms with Gasteiger partial charge in [0.2, 0.25) is 0 Å². The molecule has 21 heavy (non-hydrogen) atoms. The van der Waals surface area contributed by atoms with Crippen LogP contribution in [0.1, 0.15) is 30.2 Å². The van der Waals surface area contributed by atoms with Gasteiger partial charge in [0.1, 0.15) is 11.9 Å². The highest BCUT2D eigenvalue weighted by molar-refractivity contribution is 5.29. The first kappa shape index (κ1) is 15.4. The number of aromatic nitrogens is 1. The number of nitrogens with one attached hydrogen (secondary N) is 1. The van der Waals surface area contributed by atoms with E-state index < -0.39 is 0 Å². The molecular formula is C16H21N3O2. The molecule has 0 radical (unpaired) electrons. The molecule has 3 N–H and O–H groups in total. The first-order chi connectivity index (χ1) is 10.3. The molecule has 0 aliphatic carbocycles. The van der Waals surface area contributed by atoms with E-state index in [0.717, 1.165) is 16.9 Å². The van der Waals surface area contributed by atoms with Crippen LogP contribution in [0.15, 0.2) is 48.8 Å². The molecule has 0 saturated carbocycles. The minimum absolute atomic E-state index is 0.213. The van der Waals surface area contributed by atoms with Crippen LogP contribution in [0.3, 0.4) is 0 Å². The molecule has 0 spiro atoms. The summed E-state index contributed by atoms with van der Waals surface area (Å²) in [6.45, 7) is 2.53. The van der Waals surface area contributed by atoms with Crippen molar-refractivity contribution >= 4 is 0 Å². The lowest BCUT2D eigenvalue weighted by atomic mass is 9.97. The number of nitrogens with two attached hydrogens (primary N) is 1. The fourth-order valence-electron chi connectivity index (χ4n) is 2.32. The number of hydrogen-bond donors (Lipinski definition) is 2. The van der Waals surface area contributed by atoms with Crippen molar-refractivity contribution in [3.8, 4) is 5.75 Å². The molecule has 1 heterocycles. The largest absolute Gasteiger partial charge is 0.492 e. The Morgan fingerprint density at radius 2 is 1.95 bits per heavy atom. The lowest BCUT2D eigenvalue weighted by Gasteiger charge is -2.26. The highest BCUT2D eigenvalue weighted by Gasteiger charge is 2.24. The van der Waals surface area contributed by atoms with E-state index in [2.05, 4.69) is 10.4 Å². The number of nitrogens with zero attached hydrogens (tertiary/aromatic N) is 1. The summed E-state index contributed by atoms with van der Waals surface area (Å²) in [4.78, 5) is 4.21. The Labute approximate surface area is 125 Å². The molecular weight excluding hydrogens is 266 g/mol. The summed E-state index contributed by atoms with van der Waals surface area (Å²) in [6.07, 6.45) is 3.24. The van der Waals surface area contributed by atoms with Crippen LogP contribution in [0.2, 0.25) is 0 Å². The molecule has 112 valence electrons. The lowest BCUT2D eigenvalue weighted by molar-refractivity contribution is 0.0674. The number of hydrazine groups is 1. The maximum Gasteiger partial charge on any atom is 0.137 e. The van der Waals surface area contributed by atoms with E-state index in [1.165, 1.54) is 0 Å². The molecule has 2 aromatic rings. The van der Waals surface area contributed by atoms with Gasteiger partial charge in [-0.1, -0.05) is 30.3 Å². The first-order valence-corrected chi connectivity index (χ1v) is 6.91. The van der Waals surface area contributed by atoms with E-state index in [1.54, 1.807) is 19.5 Å². The molecule has 2 atom stereocenters. The van der Waals surface area contributed by atoms with E-state index in [1.807, 2.05) is 43.3 Å². The fourth-order valence-corrected chi connectivity index (χ4v) is 2.32. The van der Waals surface area contributed by atoms with Crippen LogP contribution in [0.5, 0.6) is 5.75 Å². The van der Waals surface area contributed by atoms with E-state index in [-0.39, 0.29) is 12.1 Å². The normalized spacial score (nSPS) is 13.7. The molecule has 5 nitrogen and oxygen atoms in total. The van der Waals surface area contributed by atoms with Crippen LogP contribution in [-0.2, 0) is 4.74 Å². The smallest absolute Gasteiger partial charge is 0.137 e. The molecule has 0 amide bonds. The van der Waals surface area contributed by atoms with Gasteiger partial charge in [-0.3, -0.25) is 10.8 Å². The maximum atomic E-state index is 5.74. The summed E-state index contributed by atoms with van der Waals surface area (Å²) in [7, 11) is 1.67. The van der Waals surface area contributed by atoms with Crippen LogP contribution in [0.4, 0.5) is 0 Å². The SMILES string of the molecule is CCOc1cncc(C(NN)C(OC)c2ccccc2)c1. The highest BCUT2D eigenvalue weighted by Crippen LogP contribution is 2.31. The van der Waals surface area contributed by atoms with Crippen molar-refractivity contribution in [3.63, 3.8) is 0 Å². The molecule has 0 aliphatic heterocycles. The predicted molar refractivity (Wildman–Crippen MR) is 81.7 cm³/mol. The van der Waals surface area contributed by atoms with Crippen molar-refractivity contribution in [2.45, 2.75) is 19.1 Å². The van der Waals surface area contributed by atoms with Gasteiger partial charge in [-0.2, -0.15) is 0 Å². The van der Waals surface area contributed by atoms with Crippen molar-refractivity contribution in [2.24, 2.45) is 5.84 Å².